The van der Waals surface area contributed by atoms with Gasteiger partial charge in [0.25, 0.3) is 0 Å². The van der Waals surface area contributed by atoms with Crippen LogP contribution in [0, 0.1) is 0 Å². The Bertz CT molecular complexity index is 1490. The highest BCUT2D eigenvalue weighted by Crippen LogP contribution is 2.31. The fraction of sp³-hybridized carbons (Fsp3) is 0.192. The predicted octanol–water partition coefficient (Wildman–Crippen LogP) is 3.98. The molecule has 0 aliphatic rings. The van der Waals surface area contributed by atoms with Crippen LogP contribution in [0.1, 0.15) is 22.9 Å². The molecule has 4 aromatic rings. The van der Waals surface area contributed by atoms with Crippen molar-refractivity contribution in [1.29, 1.82) is 0 Å². The fourth-order valence-corrected chi connectivity index (χ4v) is 5.84. The second kappa shape index (κ2) is 14.0. The van der Waals surface area contributed by atoms with Gasteiger partial charge in [0.15, 0.2) is 0 Å². The monoisotopic (exact) mass is 603 g/mol. The van der Waals surface area contributed by atoms with Crippen molar-refractivity contribution in [2.24, 2.45) is 5.14 Å². The summed E-state index contributed by atoms with van der Waals surface area (Å²) in [4.78, 5) is 31.3. The smallest absolute Gasteiger partial charge is 0.407 e. The number of hydrogen-bond donors (Lipinski definition) is 4. The molecule has 2 unspecified atom stereocenters. The Morgan fingerprint density at radius 3 is 2.27 bits per heavy atom. The molecule has 0 saturated carbocycles. The first-order valence-electron chi connectivity index (χ1n) is 11.7. The van der Waals surface area contributed by atoms with Crippen LogP contribution < -0.4 is 26.1 Å². The third-order valence-corrected chi connectivity index (χ3v) is 7.90. The zero-order valence-electron chi connectivity index (χ0n) is 21.5. The van der Waals surface area contributed by atoms with E-state index >= 15 is 0 Å². The Morgan fingerprint density at radius 2 is 1.65 bits per heavy atom. The molecule has 0 saturated heterocycles. The van der Waals surface area contributed by atoms with Crippen LogP contribution in [0.3, 0.4) is 0 Å². The standard InChI is InChI=1S/C26H26N4O6S3.H3N/c1-35-26(32)30-21(15-17-6-3-2-4-7-17)24(31)28-20(22-16-38-25(29-22)23-8-5-13-37-23)14-18-9-11-19(12-10-18)36-39(27,33)34;/h2-13,16,20-21H,14-15H2,1H3,(H,28,31)(H,30,32)(H2,27,33,34);1H3. The van der Waals surface area contributed by atoms with Gasteiger partial charge in [0, 0.05) is 11.8 Å². The Morgan fingerprint density at radius 1 is 0.950 bits per heavy atom. The number of carbonyl (C=O) groups excluding carboxylic acids is 2. The highest BCUT2D eigenvalue weighted by atomic mass is 32.2. The molecular weight excluding hydrogens is 575 g/mol. The van der Waals surface area contributed by atoms with E-state index in [1.807, 2.05) is 53.2 Å². The molecule has 0 radical (unpaired) electrons. The average Bonchev–Trinajstić information content (AvgIpc) is 3.61. The number of methoxy groups -OCH3 is 1. The van der Waals surface area contributed by atoms with E-state index in [1.165, 1.54) is 30.6 Å². The molecule has 11 nitrogen and oxygen atoms in total. The quantitative estimate of drug-likeness (QED) is 0.198. The predicted molar refractivity (Wildman–Crippen MR) is 155 cm³/mol. The van der Waals surface area contributed by atoms with E-state index in [1.54, 1.807) is 23.5 Å². The minimum atomic E-state index is -4.15. The molecule has 2 aromatic heterocycles. The number of nitrogens with two attached hydrogens (primary N) is 1. The first-order valence-corrected chi connectivity index (χ1v) is 14.9. The number of nitrogens with one attached hydrogen (secondary N) is 2. The lowest BCUT2D eigenvalue weighted by molar-refractivity contribution is -0.123. The number of hydrogen-bond acceptors (Lipinski definition) is 10. The second-order valence-electron chi connectivity index (χ2n) is 8.42. The Labute approximate surface area is 240 Å². The molecule has 212 valence electrons. The van der Waals surface area contributed by atoms with E-state index in [2.05, 4.69) is 10.6 Å². The molecule has 7 N–H and O–H groups in total. The number of aromatic nitrogens is 1. The minimum absolute atomic E-state index is 0. The van der Waals surface area contributed by atoms with Crippen LogP contribution in [-0.4, -0.2) is 38.6 Å². The molecule has 14 heteroatoms. The van der Waals surface area contributed by atoms with E-state index in [4.69, 9.17) is 19.0 Å². The van der Waals surface area contributed by atoms with Gasteiger partial charge < -0.3 is 25.7 Å². The van der Waals surface area contributed by atoms with Crippen LogP contribution >= 0.6 is 22.7 Å². The van der Waals surface area contributed by atoms with E-state index in [9.17, 15) is 18.0 Å². The minimum Gasteiger partial charge on any atom is -0.453 e. The molecule has 0 spiro atoms. The van der Waals surface area contributed by atoms with Crippen molar-refractivity contribution >= 4 is 45.0 Å². The van der Waals surface area contributed by atoms with Crippen LogP contribution in [-0.2, 0) is 32.7 Å². The van der Waals surface area contributed by atoms with E-state index in [0.29, 0.717) is 12.1 Å². The Kier molecular flexibility index (Phi) is 10.8. The average molecular weight is 604 g/mol. The van der Waals surface area contributed by atoms with Crippen LogP contribution in [0.2, 0.25) is 0 Å². The normalized spacial score (nSPS) is 12.4. The van der Waals surface area contributed by atoms with Crippen LogP contribution in [0.5, 0.6) is 5.75 Å². The second-order valence-corrected chi connectivity index (χ2v) is 11.4. The van der Waals surface area contributed by atoms with Gasteiger partial charge in [-0.2, -0.15) is 13.6 Å². The molecule has 0 aliphatic heterocycles. The maximum atomic E-state index is 13.5. The lowest BCUT2D eigenvalue weighted by Crippen LogP contribution is -2.49. The molecule has 0 bridgehead atoms. The van der Waals surface area contributed by atoms with E-state index < -0.39 is 34.4 Å². The topological polar surface area (TPSA) is 185 Å². The van der Waals surface area contributed by atoms with Gasteiger partial charge in [0.05, 0.1) is 23.7 Å². The summed E-state index contributed by atoms with van der Waals surface area (Å²) in [7, 11) is -2.91. The van der Waals surface area contributed by atoms with Gasteiger partial charge in [0.2, 0.25) is 5.91 Å². The lowest BCUT2D eigenvalue weighted by atomic mass is 10.0. The number of thiazole rings is 1. The zero-order chi connectivity index (χ0) is 27.8. The lowest BCUT2D eigenvalue weighted by Gasteiger charge is -2.23. The number of alkyl carbamates (subject to hydrolysis) is 1. The first-order chi connectivity index (χ1) is 18.7. The van der Waals surface area contributed by atoms with Gasteiger partial charge in [-0.1, -0.05) is 48.5 Å². The number of amides is 2. The van der Waals surface area contributed by atoms with Gasteiger partial charge in [-0.25, -0.2) is 9.78 Å². The van der Waals surface area contributed by atoms with Gasteiger partial charge in [-0.05, 0) is 41.1 Å². The van der Waals surface area contributed by atoms with Gasteiger partial charge >= 0.3 is 16.4 Å². The van der Waals surface area contributed by atoms with Crippen LogP contribution in [0.4, 0.5) is 4.79 Å². The van der Waals surface area contributed by atoms with E-state index in [-0.39, 0.29) is 18.3 Å². The maximum absolute atomic E-state index is 13.5. The highest BCUT2D eigenvalue weighted by molar-refractivity contribution is 7.84. The largest absolute Gasteiger partial charge is 0.453 e. The number of thiophene rings is 1. The first kappa shape index (κ1) is 30.7. The number of ether oxygens (including phenoxy) is 1. The van der Waals surface area contributed by atoms with Crippen molar-refractivity contribution in [1.82, 2.24) is 21.8 Å². The summed E-state index contributed by atoms with van der Waals surface area (Å²) in [6, 6.07) is 18.1. The van der Waals surface area contributed by atoms with Gasteiger partial charge in [0.1, 0.15) is 16.8 Å². The SMILES string of the molecule is COC(=O)NC(Cc1ccccc1)C(=O)NC(Cc1ccc(OS(N)(=O)=O)cc1)c1csc(-c2cccs2)n1.N. The Balaban J connectivity index is 0.00000441. The van der Waals surface area contributed by atoms with Gasteiger partial charge in [-0.15, -0.1) is 22.7 Å². The van der Waals surface area contributed by atoms with E-state index in [0.717, 1.165) is 21.0 Å². The zero-order valence-corrected chi connectivity index (χ0v) is 23.9. The van der Waals surface area contributed by atoms with Crippen molar-refractivity contribution in [3.8, 4) is 15.6 Å². The summed E-state index contributed by atoms with van der Waals surface area (Å²) >= 11 is 3.03. The summed E-state index contributed by atoms with van der Waals surface area (Å²) in [6.07, 6.45) is -0.126. The summed E-state index contributed by atoms with van der Waals surface area (Å²) in [5, 5.41) is 15.3. The van der Waals surface area contributed by atoms with Gasteiger partial charge in [-0.3, -0.25) is 4.79 Å². The molecule has 4 rings (SSSR count). The molecular formula is C26H29N5O6S3. The molecule has 0 aliphatic carbocycles. The molecule has 2 aromatic carbocycles. The number of carbonyl (C=O) groups is 2. The third kappa shape index (κ3) is 8.86. The van der Waals surface area contributed by atoms with Crippen molar-refractivity contribution in [3.05, 3.63) is 94.3 Å². The summed E-state index contributed by atoms with van der Waals surface area (Å²) in [5.74, 6) is -0.338. The summed E-state index contributed by atoms with van der Waals surface area (Å²) in [6.45, 7) is 0. The van der Waals surface area contributed by atoms with Crippen LogP contribution in [0.15, 0.2) is 77.5 Å². The van der Waals surface area contributed by atoms with Crippen molar-refractivity contribution in [2.75, 3.05) is 7.11 Å². The van der Waals surface area contributed by atoms with Crippen molar-refractivity contribution in [2.45, 2.75) is 24.9 Å². The molecule has 0 fully saturated rings. The fourth-order valence-electron chi connectivity index (χ4n) is 3.77. The number of benzene rings is 2. The Hall–Kier alpha value is -3.82. The highest BCUT2D eigenvalue weighted by Gasteiger charge is 2.26. The summed E-state index contributed by atoms with van der Waals surface area (Å²) in [5.41, 5.74) is 2.30. The van der Waals surface area contributed by atoms with Crippen molar-refractivity contribution in [3.63, 3.8) is 0 Å². The molecule has 2 atom stereocenters. The molecule has 2 amide bonds. The van der Waals surface area contributed by atoms with Crippen molar-refractivity contribution < 1.29 is 26.9 Å². The van der Waals surface area contributed by atoms with Crippen LogP contribution in [0.25, 0.3) is 9.88 Å². The number of nitrogens with zero attached hydrogens (tertiary/aromatic N) is 1. The number of rotatable bonds is 11. The molecule has 2 heterocycles. The summed E-state index contributed by atoms with van der Waals surface area (Å²) < 4.78 is 31.9. The third-order valence-electron chi connectivity index (χ3n) is 5.58. The maximum Gasteiger partial charge on any atom is 0.407 e. The molecule has 40 heavy (non-hydrogen) atoms.